The topological polar surface area (TPSA) is 80.3 Å². The van der Waals surface area contributed by atoms with E-state index in [1.807, 2.05) is 0 Å². The normalized spacial score (nSPS) is 12.3. The number of sulfonamides is 2. The van der Waals surface area contributed by atoms with Gasteiger partial charge in [-0.05, 0) is 30.3 Å². The molecule has 2 aromatic rings. The summed E-state index contributed by atoms with van der Waals surface area (Å²) in [7, 11) is -8.57. The molecule has 0 saturated heterocycles. The van der Waals surface area contributed by atoms with Crippen molar-refractivity contribution in [3.8, 4) is 0 Å². The van der Waals surface area contributed by atoms with Gasteiger partial charge in [-0.3, -0.25) is 0 Å². The van der Waals surface area contributed by atoms with E-state index in [0.29, 0.717) is 5.02 Å². The van der Waals surface area contributed by atoms with Crippen molar-refractivity contribution in [3.05, 3.63) is 64.9 Å². The van der Waals surface area contributed by atoms with Crippen molar-refractivity contribution in [1.82, 2.24) is 4.13 Å². The molecule has 118 valence electrons. The van der Waals surface area contributed by atoms with Gasteiger partial charge >= 0.3 is 0 Å². The second kappa shape index (κ2) is 6.33. The predicted molar refractivity (Wildman–Crippen MR) is 80.8 cm³/mol. The molecule has 5 nitrogen and oxygen atoms in total. The molecule has 0 bridgehead atoms. The summed E-state index contributed by atoms with van der Waals surface area (Å²) >= 11 is 5.64. The quantitative estimate of drug-likeness (QED) is 0.883. The number of hydrogen-bond donors (Lipinski definition) is 1. The van der Waals surface area contributed by atoms with Gasteiger partial charge in [-0.15, -0.1) is 4.13 Å². The minimum Gasteiger partial charge on any atom is -0.211 e. The van der Waals surface area contributed by atoms with E-state index in [4.69, 9.17) is 11.6 Å². The first kappa shape index (κ1) is 16.9. The van der Waals surface area contributed by atoms with E-state index >= 15 is 0 Å². The molecule has 0 fully saturated rings. The zero-order valence-corrected chi connectivity index (χ0v) is 13.4. The maximum Gasteiger partial charge on any atom is 0.253 e. The molecular formula is C13H11ClFNO4S2. The average Bonchev–Trinajstić information content (AvgIpc) is 2.40. The van der Waals surface area contributed by atoms with Crippen LogP contribution in [0.3, 0.4) is 0 Å². The summed E-state index contributed by atoms with van der Waals surface area (Å²) in [5.74, 6) is -1.51. The fourth-order valence-electron chi connectivity index (χ4n) is 1.68. The molecule has 22 heavy (non-hydrogen) atoms. The van der Waals surface area contributed by atoms with Crippen LogP contribution in [0.1, 0.15) is 5.56 Å². The Kier molecular flexibility index (Phi) is 4.86. The molecule has 0 spiro atoms. The molecule has 0 aromatic heterocycles. The van der Waals surface area contributed by atoms with Crippen LogP contribution in [0.25, 0.3) is 0 Å². The first-order valence-electron chi connectivity index (χ1n) is 5.95. The summed E-state index contributed by atoms with van der Waals surface area (Å²) in [6.45, 7) is 0. The highest BCUT2D eigenvalue weighted by Gasteiger charge is 2.24. The number of halogens is 2. The van der Waals surface area contributed by atoms with Crippen LogP contribution in [-0.4, -0.2) is 16.8 Å². The van der Waals surface area contributed by atoms with E-state index in [1.165, 1.54) is 42.5 Å². The van der Waals surface area contributed by atoms with Gasteiger partial charge in [0.25, 0.3) is 10.0 Å². The average molecular weight is 364 g/mol. The van der Waals surface area contributed by atoms with Gasteiger partial charge in [-0.2, -0.15) is 0 Å². The summed E-state index contributed by atoms with van der Waals surface area (Å²) in [4.78, 5) is -0.256. The van der Waals surface area contributed by atoms with Gasteiger partial charge in [0.15, 0.2) is 0 Å². The molecular weight excluding hydrogens is 353 g/mol. The molecule has 0 saturated carbocycles. The monoisotopic (exact) mass is 363 g/mol. The molecule has 0 atom stereocenters. The van der Waals surface area contributed by atoms with Gasteiger partial charge < -0.3 is 0 Å². The van der Waals surface area contributed by atoms with Crippen LogP contribution in [0.15, 0.2) is 53.4 Å². The Balaban J connectivity index is 2.24. The molecule has 0 amide bonds. The van der Waals surface area contributed by atoms with Gasteiger partial charge in [0, 0.05) is 10.6 Å². The summed E-state index contributed by atoms with van der Waals surface area (Å²) in [6, 6.07) is 10.2. The van der Waals surface area contributed by atoms with Crippen molar-refractivity contribution < 1.29 is 21.2 Å². The zero-order chi connectivity index (χ0) is 16.4. The van der Waals surface area contributed by atoms with Crippen LogP contribution < -0.4 is 4.13 Å². The zero-order valence-electron chi connectivity index (χ0n) is 11.0. The lowest BCUT2D eigenvalue weighted by Crippen LogP contribution is -2.31. The smallest absolute Gasteiger partial charge is 0.211 e. The fraction of sp³-hybridized carbons (Fsp3) is 0.0769. The van der Waals surface area contributed by atoms with Crippen LogP contribution >= 0.6 is 11.6 Å². The Morgan fingerprint density at radius 2 is 1.55 bits per heavy atom. The van der Waals surface area contributed by atoms with Gasteiger partial charge in [0.05, 0.1) is 10.6 Å². The van der Waals surface area contributed by atoms with E-state index in [-0.39, 0.29) is 10.5 Å². The van der Waals surface area contributed by atoms with Crippen LogP contribution in [0.2, 0.25) is 5.02 Å². The van der Waals surface area contributed by atoms with Crippen molar-refractivity contribution in [2.45, 2.75) is 10.6 Å². The SMILES string of the molecule is O=S(=O)(Cc1ccccc1F)NS(=O)(=O)c1ccc(Cl)cc1. The predicted octanol–water partition coefficient (Wildman–Crippen LogP) is 2.29. The van der Waals surface area contributed by atoms with Crippen LogP contribution in [-0.2, 0) is 25.8 Å². The van der Waals surface area contributed by atoms with Crippen LogP contribution in [0, 0.1) is 5.82 Å². The second-order valence-electron chi connectivity index (χ2n) is 4.39. The molecule has 2 aromatic carbocycles. The Morgan fingerprint density at radius 1 is 0.955 bits per heavy atom. The van der Waals surface area contributed by atoms with E-state index in [1.54, 1.807) is 4.13 Å². The highest BCUT2D eigenvalue weighted by atomic mass is 35.5. The Morgan fingerprint density at radius 3 is 2.14 bits per heavy atom. The largest absolute Gasteiger partial charge is 0.253 e. The third-order valence-corrected chi connectivity index (χ3v) is 6.39. The van der Waals surface area contributed by atoms with Crippen LogP contribution in [0.4, 0.5) is 4.39 Å². The van der Waals surface area contributed by atoms with E-state index in [2.05, 4.69) is 0 Å². The summed E-state index contributed by atoms with van der Waals surface area (Å²) in [5.41, 5.74) is -0.124. The molecule has 2 rings (SSSR count). The number of rotatable bonds is 5. The van der Waals surface area contributed by atoms with Crippen molar-refractivity contribution in [3.63, 3.8) is 0 Å². The van der Waals surface area contributed by atoms with Crippen molar-refractivity contribution >= 4 is 31.6 Å². The fourth-order valence-corrected chi connectivity index (χ4v) is 4.90. The standard InChI is InChI=1S/C13H11ClFNO4S2/c14-11-5-7-12(8-6-11)22(19,20)16-21(17,18)9-10-3-1-2-4-13(10)15/h1-8,16H,9H2. The first-order chi connectivity index (χ1) is 10.2. The molecule has 0 unspecified atom stereocenters. The highest BCUT2D eigenvalue weighted by molar-refractivity contribution is 8.04. The van der Waals surface area contributed by atoms with Gasteiger partial charge in [-0.1, -0.05) is 29.8 Å². The van der Waals surface area contributed by atoms with Gasteiger partial charge in [-0.25, -0.2) is 21.2 Å². The van der Waals surface area contributed by atoms with Crippen LogP contribution in [0.5, 0.6) is 0 Å². The van der Waals surface area contributed by atoms with Crippen molar-refractivity contribution in [2.75, 3.05) is 0 Å². The number of benzene rings is 2. The third-order valence-electron chi connectivity index (χ3n) is 2.66. The lowest BCUT2D eigenvalue weighted by molar-refractivity contribution is 0.572. The Hall–Kier alpha value is -1.48. The second-order valence-corrected chi connectivity index (χ2v) is 8.49. The van der Waals surface area contributed by atoms with Crippen molar-refractivity contribution in [1.29, 1.82) is 0 Å². The molecule has 0 aliphatic rings. The Labute approximate surface area is 132 Å². The minimum atomic E-state index is -4.29. The molecule has 0 heterocycles. The third kappa shape index (κ3) is 4.26. The van der Waals surface area contributed by atoms with Gasteiger partial charge in [0.2, 0.25) is 10.0 Å². The van der Waals surface area contributed by atoms with E-state index < -0.39 is 31.6 Å². The summed E-state index contributed by atoms with van der Waals surface area (Å²) in [6.07, 6.45) is 0. The lowest BCUT2D eigenvalue weighted by atomic mass is 10.2. The maximum atomic E-state index is 13.5. The first-order valence-corrected chi connectivity index (χ1v) is 9.46. The molecule has 0 radical (unpaired) electrons. The van der Waals surface area contributed by atoms with E-state index in [0.717, 1.165) is 6.07 Å². The molecule has 1 N–H and O–H groups in total. The lowest BCUT2D eigenvalue weighted by Gasteiger charge is -2.08. The van der Waals surface area contributed by atoms with E-state index in [9.17, 15) is 21.2 Å². The Bertz CT molecular complexity index is 881. The maximum absolute atomic E-state index is 13.5. The van der Waals surface area contributed by atoms with Gasteiger partial charge in [0.1, 0.15) is 5.82 Å². The molecule has 9 heteroatoms. The van der Waals surface area contributed by atoms with Crippen molar-refractivity contribution in [2.24, 2.45) is 0 Å². The molecule has 0 aliphatic carbocycles. The highest BCUT2D eigenvalue weighted by Crippen LogP contribution is 2.16. The summed E-state index contributed by atoms with van der Waals surface area (Å²) < 4.78 is 62.9. The number of nitrogens with one attached hydrogen (secondary N) is 1. The summed E-state index contributed by atoms with van der Waals surface area (Å²) in [5, 5.41) is 0.313. The molecule has 0 aliphatic heterocycles. The number of hydrogen-bond acceptors (Lipinski definition) is 4. The minimum absolute atomic E-state index is 0.124.